The third-order valence-electron chi connectivity index (χ3n) is 5.15. The normalized spacial score (nSPS) is 17.8. The van der Waals surface area contributed by atoms with Crippen LogP contribution in [-0.2, 0) is 14.3 Å². The van der Waals surface area contributed by atoms with Crippen LogP contribution in [0.25, 0.3) is 0 Å². The van der Waals surface area contributed by atoms with Crippen molar-refractivity contribution in [3.05, 3.63) is 16.1 Å². The van der Waals surface area contributed by atoms with E-state index in [2.05, 4.69) is 15.6 Å². The first-order valence-electron chi connectivity index (χ1n) is 11.1. The highest BCUT2D eigenvalue weighted by Crippen LogP contribution is 2.26. The smallest absolute Gasteiger partial charge is 0.410 e. The summed E-state index contributed by atoms with van der Waals surface area (Å²) in [5.41, 5.74) is -0.466. The average Bonchev–Trinajstić information content (AvgIpc) is 3.43. The Morgan fingerprint density at radius 1 is 1.32 bits per heavy atom. The van der Waals surface area contributed by atoms with Gasteiger partial charge < -0.3 is 25.2 Å². The summed E-state index contributed by atoms with van der Waals surface area (Å²) in [5, 5.41) is 17.8. The highest BCUT2D eigenvalue weighted by atomic mass is 32.1. The van der Waals surface area contributed by atoms with Gasteiger partial charge in [-0.3, -0.25) is 9.69 Å². The fourth-order valence-corrected chi connectivity index (χ4v) is 4.83. The Labute approximate surface area is 209 Å². The van der Waals surface area contributed by atoms with E-state index >= 15 is 0 Å². The number of thiocarbonyl (C=S) groups is 1. The number of carbonyl (C=O) groups excluding carboxylic acids is 3. The highest BCUT2D eigenvalue weighted by Gasteiger charge is 2.36. The van der Waals surface area contributed by atoms with Crippen molar-refractivity contribution in [2.24, 2.45) is 5.92 Å². The summed E-state index contributed by atoms with van der Waals surface area (Å²) in [6.45, 7) is 9.20. The molecule has 1 aliphatic heterocycles. The number of hydrogen-bond donors (Lipinski definition) is 3. The molecule has 0 aromatic carbocycles. The van der Waals surface area contributed by atoms with Gasteiger partial charge in [-0.05, 0) is 39.5 Å². The van der Waals surface area contributed by atoms with Crippen molar-refractivity contribution in [3.63, 3.8) is 0 Å². The molecule has 2 heterocycles. The molecule has 2 rings (SSSR count). The number of hydrogen-bond acceptors (Lipinski definition) is 9. The number of thiazole rings is 1. The number of aliphatic hydroxyl groups is 1. The van der Waals surface area contributed by atoms with Crippen LogP contribution in [0.2, 0.25) is 0 Å². The predicted octanol–water partition coefficient (Wildman–Crippen LogP) is 2.42. The minimum atomic E-state index is -1.02. The number of amides is 2. The molecule has 3 N–H and O–H groups in total. The quantitative estimate of drug-likeness (QED) is 0.354. The maximum Gasteiger partial charge on any atom is 0.410 e. The molecule has 0 saturated carbocycles. The van der Waals surface area contributed by atoms with Gasteiger partial charge in [0.25, 0.3) is 0 Å². The van der Waals surface area contributed by atoms with Crippen molar-refractivity contribution in [2.45, 2.75) is 71.2 Å². The molecule has 0 unspecified atom stereocenters. The molecule has 1 aromatic heterocycles. The summed E-state index contributed by atoms with van der Waals surface area (Å²) >= 11 is 6.74. The van der Waals surface area contributed by atoms with Gasteiger partial charge in [-0.25, -0.2) is 14.6 Å². The van der Waals surface area contributed by atoms with Crippen molar-refractivity contribution in [1.82, 2.24) is 20.5 Å². The van der Waals surface area contributed by atoms with Crippen LogP contribution < -0.4 is 10.6 Å². The molecular weight excluding hydrogens is 480 g/mol. The monoisotopic (exact) mass is 514 g/mol. The van der Waals surface area contributed by atoms with E-state index in [4.69, 9.17) is 21.7 Å². The molecule has 2 amide bonds. The molecule has 3 atom stereocenters. The van der Waals surface area contributed by atoms with Crippen LogP contribution >= 0.6 is 23.6 Å². The molecule has 0 spiro atoms. The Kier molecular flexibility index (Phi) is 9.77. The van der Waals surface area contributed by atoms with E-state index in [9.17, 15) is 19.5 Å². The van der Waals surface area contributed by atoms with E-state index in [-0.39, 0.29) is 11.6 Å². The van der Waals surface area contributed by atoms with Crippen molar-refractivity contribution < 1.29 is 29.0 Å². The van der Waals surface area contributed by atoms with Gasteiger partial charge in [0.2, 0.25) is 5.91 Å². The van der Waals surface area contributed by atoms with E-state index in [0.29, 0.717) is 23.0 Å². The van der Waals surface area contributed by atoms with E-state index in [1.807, 2.05) is 13.8 Å². The van der Waals surface area contributed by atoms with Crippen molar-refractivity contribution in [2.75, 3.05) is 20.3 Å². The number of ether oxygens (including phenoxy) is 2. The van der Waals surface area contributed by atoms with Crippen molar-refractivity contribution >= 4 is 46.5 Å². The standard InChI is InChI=1S/C22H34N4O6S2/c1-12(2)16(19-24-14(11-34-19)20(29)31-6)25-17(28)13(10-27)23-18(33)15-8-7-9-26(15)21(30)32-22(3,4)5/h11-13,15-16,27H,7-10H2,1-6H3,(H,23,33)(H,25,28)/t13-,15-,16+/m0/s1. The summed E-state index contributed by atoms with van der Waals surface area (Å²) in [4.78, 5) is 43.4. The lowest BCUT2D eigenvalue weighted by atomic mass is 10.0. The largest absolute Gasteiger partial charge is 0.464 e. The number of methoxy groups -OCH3 is 1. The minimum Gasteiger partial charge on any atom is -0.464 e. The fourth-order valence-electron chi connectivity index (χ4n) is 3.44. The molecule has 10 nitrogen and oxygen atoms in total. The van der Waals surface area contributed by atoms with Crippen LogP contribution in [0.4, 0.5) is 4.79 Å². The first-order chi connectivity index (χ1) is 15.9. The molecule has 190 valence electrons. The molecule has 0 radical (unpaired) electrons. The van der Waals surface area contributed by atoms with Crippen LogP contribution in [0.15, 0.2) is 5.38 Å². The first kappa shape index (κ1) is 27.9. The lowest BCUT2D eigenvalue weighted by Crippen LogP contribution is -2.54. The van der Waals surface area contributed by atoms with E-state index < -0.39 is 48.3 Å². The Balaban J connectivity index is 2.07. The maximum atomic E-state index is 13.0. The van der Waals surface area contributed by atoms with Gasteiger partial charge in [0, 0.05) is 11.9 Å². The highest BCUT2D eigenvalue weighted by molar-refractivity contribution is 7.80. The Morgan fingerprint density at radius 3 is 2.56 bits per heavy atom. The van der Waals surface area contributed by atoms with Crippen LogP contribution in [0, 0.1) is 5.92 Å². The zero-order valence-corrected chi connectivity index (χ0v) is 22.0. The van der Waals surface area contributed by atoms with Gasteiger partial charge >= 0.3 is 12.1 Å². The number of nitrogens with zero attached hydrogens (tertiary/aromatic N) is 2. The second-order valence-electron chi connectivity index (χ2n) is 9.37. The Bertz CT molecular complexity index is 898. The van der Waals surface area contributed by atoms with Crippen LogP contribution in [0.3, 0.4) is 0 Å². The van der Waals surface area contributed by atoms with E-state index in [0.717, 1.165) is 6.42 Å². The number of esters is 1. The predicted molar refractivity (Wildman–Crippen MR) is 132 cm³/mol. The van der Waals surface area contributed by atoms with Gasteiger partial charge in [-0.15, -0.1) is 11.3 Å². The number of rotatable bonds is 8. The molecule has 1 aliphatic rings. The zero-order valence-electron chi connectivity index (χ0n) is 20.4. The summed E-state index contributed by atoms with van der Waals surface area (Å²) < 4.78 is 10.2. The lowest BCUT2D eigenvalue weighted by molar-refractivity contribution is -0.124. The summed E-state index contributed by atoms with van der Waals surface area (Å²) in [5.74, 6) is -1.06. The van der Waals surface area contributed by atoms with Gasteiger partial charge in [0.15, 0.2) is 5.69 Å². The van der Waals surface area contributed by atoms with Crippen molar-refractivity contribution in [1.29, 1.82) is 0 Å². The third-order valence-corrected chi connectivity index (χ3v) is 6.46. The fraction of sp³-hybridized carbons (Fsp3) is 0.682. The van der Waals surface area contributed by atoms with Crippen LogP contribution in [0.5, 0.6) is 0 Å². The number of likely N-dealkylation sites (tertiary alicyclic amines) is 1. The van der Waals surface area contributed by atoms with Crippen LogP contribution in [-0.4, -0.2) is 75.9 Å². The number of aliphatic hydroxyl groups excluding tert-OH is 1. The molecular formula is C22H34N4O6S2. The Morgan fingerprint density at radius 2 is 2.00 bits per heavy atom. The molecule has 0 aliphatic carbocycles. The molecule has 0 bridgehead atoms. The summed E-state index contributed by atoms with van der Waals surface area (Å²) in [7, 11) is 1.28. The van der Waals surface area contributed by atoms with Gasteiger partial charge in [0.1, 0.15) is 16.7 Å². The topological polar surface area (TPSA) is 130 Å². The molecule has 1 aromatic rings. The summed E-state index contributed by atoms with van der Waals surface area (Å²) in [6.07, 6.45) is 0.924. The van der Waals surface area contributed by atoms with Gasteiger partial charge in [-0.2, -0.15) is 0 Å². The SMILES string of the molecule is COC(=O)c1csc([C@H](NC(=O)[C@H](CO)NC(=S)[C@@H]2CCCN2C(=O)OC(C)(C)C)C(C)C)n1. The van der Waals surface area contributed by atoms with E-state index in [1.165, 1.54) is 18.4 Å². The summed E-state index contributed by atoms with van der Waals surface area (Å²) in [6, 6.07) is -1.92. The lowest BCUT2D eigenvalue weighted by Gasteiger charge is -2.30. The van der Waals surface area contributed by atoms with Gasteiger partial charge in [-0.1, -0.05) is 26.1 Å². The molecule has 12 heteroatoms. The molecule has 34 heavy (non-hydrogen) atoms. The van der Waals surface area contributed by atoms with Crippen LogP contribution in [0.1, 0.15) is 69.0 Å². The molecule has 1 fully saturated rings. The third kappa shape index (κ3) is 7.34. The maximum absolute atomic E-state index is 13.0. The second kappa shape index (κ2) is 11.9. The van der Waals surface area contributed by atoms with Crippen molar-refractivity contribution in [3.8, 4) is 0 Å². The van der Waals surface area contributed by atoms with E-state index in [1.54, 1.807) is 31.1 Å². The minimum absolute atomic E-state index is 0.0376. The second-order valence-corrected chi connectivity index (χ2v) is 10.7. The molecule has 1 saturated heterocycles. The average molecular weight is 515 g/mol. The van der Waals surface area contributed by atoms with Gasteiger partial charge in [0.05, 0.1) is 30.8 Å². The number of carbonyl (C=O) groups is 3. The zero-order chi connectivity index (χ0) is 25.6. The Hall–Kier alpha value is -2.31. The first-order valence-corrected chi connectivity index (χ1v) is 12.4. The number of aromatic nitrogens is 1. The number of nitrogens with one attached hydrogen (secondary N) is 2.